The molecule has 0 nitrogen and oxygen atoms in total. The third-order valence-electron chi connectivity index (χ3n) is 6.05. The third kappa shape index (κ3) is 26.7. The van der Waals surface area contributed by atoms with Gasteiger partial charge in [0.2, 0.25) is 0 Å². The SMILES string of the molecule is CCC1=[C-]CC(CC)=C1CC.CCC1=[C-]CC(CC)=C1CC.C[Si](C)=[Ti+2].C[Si](C)=[Ti+2].[C-]1=CC=CC1.[C-]1=CC=CC1.[Cl-].[Cl-]. The van der Waals surface area contributed by atoms with E-state index in [0.717, 1.165) is 38.5 Å². The molecule has 42 heavy (non-hydrogen) atoms. The van der Waals surface area contributed by atoms with Gasteiger partial charge in [-0.15, -0.1) is 25.7 Å². The summed E-state index contributed by atoms with van der Waals surface area (Å²) < 4.78 is 0. The molecule has 0 radical (unpaired) electrons. The average molecular weight is 712 g/mol. The number of allylic oxidation sites excluding steroid dienone is 16. The van der Waals surface area contributed by atoms with E-state index in [2.05, 4.69) is 143 Å². The molecule has 0 saturated carbocycles. The molecule has 0 aliphatic heterocycles. The van der Waals surface area contributed by atoms with Gasteiger partial charge in [0.05, 0.1) is 0 Å². The first kappa shape index (κ1) is 49.2. The van der Waals surface area contributed by atoms with E-state index < -0.39 is 0 Å². The van der Waals surface area contributed by atoms with Gasteiger partial charge in [-0.1, -0.05) is 80.1 Å². The van der Waals surface area contributed by atoms with E-state index in [0.29, 0.717) is 0 Å². The molecule has 0 unspecified atom stereocenters. The summed E-state index contributed by atoms with van der Waals surface area (Å²) in [5.41, 5.74) is 9.37. The van der Waals surface area contributed by atoms with Crippen LogP contribution in [0.3, 0.4) is 0 Å². The van der Waals surface area contributed by atoms with Crippen LogP contribution in [0.5, 0.6) is 0 Å². The fourth-order valence-electron chi connectivity index (χ4n) is 4.24. The molecule has 232 valence electrons. The molecule has 0 N–H and O–H groups in total. The molecule has 0 bridgehead atoms. The van der Waals surface area contributed by atoms with Crippen LogP contribution in [0.1, 0.15) is 106 Å². The maximum Gasteiger partial charge on any atom is -0.109 e. The van der Waals surface area contributed by atoms with E-state index in [4.69, 9.17) is 0 Å². The molecule has 4 aliphatic rings. The van der Waals surface area contributed by atoms with Gasteiger partial charge >= 0.3 is 76.9 Å². The Hall–Kier alpha value is 0.362. The molecule has 0 amide bonds. The normalized spacial score (nSPS) is 14.7. The summed E-state index contributed by atoms with van der Waals surface area (Å²) in [7, 11) is 0. The van der Waals surface area contributed by atoms with E-state index in [-0.39, 0.29) is 37.2 Å². The largest absolute Gasteiger partial charge is 1.00 e. The maximum atomic E-state index is 3.45. The number of halogens is 2. The van der Waals surface area contributed by atoms with Gasteiger partial charge < -0.3 is 24.8 Å². The number of rotatable bonds is 6. The van der Waals surface area contributed by atoms with E-state index >= 15 is 0 Å². The standard InChI is InChI=1S/2C11H17.2C5H5.2C2H6Si.2ClH.2Ti/c2*1-4-9-7-8-10(5-2)11(9)6-3;2*1-2-4-5-3-1;2*1-3-2;;;;/h2*4-7H2,1-3H3;2*1-3H,4H2;2*1-2H3;2*1H;;/q4*-1;;;;;2*+2/p-2. The number of hydrogen-bond donors (Lipinski definition) is 0. The van der Waals surface area contributed by atoms with Crippen molar-refractivity contribution in [2.24, 2.45) is 0 Å². The van der Waals surface area contributed by atoms with Crippen LogP contribution in [0.2, 0.25) is 26.2 Å². The van der Waals surface area contributed by atoms with Gasteiger partial charge in [-0.3, -0.25) is 24.3 Å². The van der Waals surface area contributed by atoms with Crippen molar-refractivity contribution in [3.63, 3.8) is 0 Å². The van der Waals surface area contributed by atoms with Gasteiger partial charge in [0.1, 0.15) is 0 Å². The van der Waals surface area contributed by atoms with Gasteiger partial charge in [0, 0.05) is 0 Å². The van der Waals surface area contributed by atoms with Gasteiger partial charge in [0.25, 0.3) is 0 Å². The second kappa shape index (κ2) is 34.2. The van der Waals surface area contributed by atoms with Crippen LogP contribution in [0.15, 0.2) is 69.9 Å². The molecule has 0 atom stereocenters. The van der Waals surface area contributed by atoms with Crippen LogP contribution >= 0.6 is 0 Å². The zero-order valence-electron chi connectivity index (χ0n) is 28.3. The Labute approximate surface area is 299 Å². The molecular weight excluding hydrogens is 655 g/mol. The molecule has 0 aromatic rings. The molecule has 0 saturated heterocycles. The Balaban J connectivity index is -0.000000216. The van der Waals surface area contributed by atoms with Crippen molar-refractivity contribution in [2.75, 3.05) is 0 Å². The first-order valence-electron chi connectivity index (χ1n) is 15.2. The second-order valence-corrected chi connectivity index (χ2v) is 23.3. The fourth-order valence-corrected chi connectivity index (χ4v) is 4.24. The Kier molecular flexibility index (Phi) is 40.1. The van der Waals surface area contributed by atoms with Gasteiger partial charge in [0.15, 0.2) is 0 Å². The van der Waals surface area contributed by atoms with Crippen LogP contribution in [0.4, 0.5) is 0 Å². The minimum absolute atomic E-state index is 0. The predicted molar refractivity (Wildman–Crippen MR) is 177 cm³/mol. The quantitative estimate of drug-likeness (QED) is 0.253. The van der Waals surface area contributed by atoms with Crippen molar-refractivity contribution < 1.29 is 63.2 Å². The first-order valence-corrected chi connectivity index (χ1v) is 24.9. The monoisotopic (exact) mass is 710 g/mol. The Morgan fingerprint density at radius 1 is 0.571 bits per heavy atom. The second-order valence-electron chi connectivity index (χ2n) is 9.96. The summed E-state index contributed by atoms with van der Waals surface area (Å²) in [5, 5.41) is 0. The minimum Gasteiger partial charge on any atom is -1.00 e. The predicted octanol–water partition coefficient (Wildman–Crippen LogP) is 5.48. The Morgan fingerprint density at radius 2 is 0.881 bits per heavy atom. The van der Waals surface area contributed by atoms with E-state index in [1.165, 1.54) is 36.8 Å². The molecule has 4 rings (SSSR count). The maximum absolute atomic E-state index is 3.45. The fraction of sp³-hybridized carbons (Fsp3) is 0.556. The summed E-state index contributed by atoms with van der Waals surface area (Å²) >= 11 is 4.54. The zero-order chi connectivity index (χ0) is 30.8. The average Bonchev–Trinajstić information content (AvgIpc) is 3.75. The van der Waals surface area contributed by atoms with Gasteiger partial charge in [-0.2, -0.15) is 34.4 Å². The van der Waals surface area contributed by atoms with Crippen LogP contribution in [0.25, 0.3) is 0 Å². The third-order valence-corrected chi connectivity index (χ3v) is 6.05. The smallest absolute Gasteiger partial charge is 0.109 e. The Bertz CT molecular complexity index is 886. The summed E-state index contributed by atoms with van der Waals surface area (Å²) in [6, 6.07) is 0. The van der Waals surface area contributed by atoms with Crippen LogP contribution in [0, 0.1) is 24.3 Å². The molecule has 0 aromatic carbocycles. The molecule has 0 heterocycles. The van der Waals surface area contributed by atoms with Crippen LogP contribution < -0.4 is 24.8 Å². The van der Waals surface area contributed by atoms with E-state index in [1.807, 2.05) is 24.3 Å². The summed E-state index contributed by atoms with van der Waals surface area (Å²) in [5.74, 6) is 0. The van der Waals surface area contributed by atoms with Crippen molar-refractivity contribution in [3.8, 4) is 0 Å². The van der Waals surface area contributed by atoms with Crippen molar-refractivity contribution in [3.05, 3.63) is 94.2 Å². The zero-order valence-corrected chi connectivity index (χ0v) is 34.9. The van der Waals surface area contributed by atoms with Crippen molar-refractivity contribution in [1.82, 2.24) is 0 Å². The summed E-state index contributed by atoms with van der Waals surface area (Å²) in [6.07, 6.45) is 36.5. The molecule has 0 aromatic heterocycles. The van der Waals surface area contributed by atoms with E-state index in [9.17, 15) is 0 Å². The Morgan fingerprint density at radius 3 is 1.02 bits per heavy atom. The van der Waals surface area contributed by atoms with Crippen molar-refractivity contribution >= 4 is 12.4 Å². The topological polar surface area (TPSA) is 0 Å². The van der Waals surface area contributed by atoms with Crippen LogP contribution in [-0.2, 0) is 38.3 Å². The molecule has 0 fully saturated rings. The van der Waals surface area contributed by atoms with Gasteiger partial charge in [-0.25, -0.2) is 35.5 Å². The molecular formula is C36H56Cl2Si2Ti2-2. The summed E-state index contributed by atoms with van der Waals surface area (Å²) in [4.78, 5) is 0. The number of hydrogen-bond acceptors (Lipinski definition) is 0. The molecule has 0 spiro atoms. The first-order chi connectivity index (χ1) is 19.1. The molecule has 4 aliphatic carbocycles. The van der Waals surface area contributed by atoms with Crippen LogP contribution in [-0.4, -0.2) is 12.4 Å². The van der Waals surface area contributed by atoms with E-state index in [1.54, 1.807) is 22.3 Å². The minimum atomic E-state index is 0. The summed E-state index contributed by atoms with van der Waals surface area (Å²) in [6.45, 7) is 22.5. The molecule has 6 heteroatoms. The van der Waals surface area contributed by atoms with Crippen molar-refractivity contribution in [2.45, 2.75) is 132 Å². The van der Waals surface area contributed by atoms with Crippen molar-refractivity contribution in [1.29, 1.82) is 0 Å². The van der Waals surface area contributed by atoms with Gasteiger partial charge in [-0.05, 0) is 0 Å².